The van der Waals surface area contributed by atoms with E-state index >= 15 is 0 Å². The summed E-state index contributed by atoms with van der Waals surface area (Å²) in [6, 6.07) is 6.00. The number of amides is 2. The molecule has 26 heavy (non-hydrogen) atoms. The number of ether oxygens (including phenoxy) is 1. The van der Waals surface area contributed by atoms with Gasteiger partial charge < -0.3 is 19.4 Å². The first-order chi connectivity index (χ1) is 12.4. The molecule has 0 fully saturated rings. The zero-order valence-electron chi connectivity index (χ0n) is 14.6. The van der Waals surface area contributed by atoms with Crippen molar-refractivity contribution in [1.82, 2.24) is 20.4 Å². The van der Waals surface area contributed by atoms with Crippen LogP contribution in [-0.4, -0.2) is 53.3 Å². The third kappa shape index (κ3) is 5.73. The van der Waals surface area contributed by atoms with Crippen LogP contribution in [0.2, 0.25) is 0 Å². The van der Waals surface area contributed by atoms with Crippen molar-refractivity contribution in [1.29, 1.82) is 0 Å². The Labute approximate surface area is 154 Å². The molecule has 2 rings (SSSR count). The van der Waals surface area contributed by atoms with Gasteiger partial charge >= 0.3 is 0 Å². The molecule has 0 radical (unpaired) electrons. The summed E-state index contributed by atoms with van der Waals surface area (Å²) in [4.78, 5) is 24.5. The monoisotopic (exact) mass is 382 g/mol. The van der Waals surface area contributed by atoms with E-state index in [0.717, 1.165) is 11.8 Å². The van der Waals surface area contributed by atoms with Crippen molar-refractivity contribution >= 4 is 23.6 Å². The highest BCUT2D eigenvalue weighted by Gasteiger charge is 2.18. The van der Waals surface area contributed by atoms with E-state index in [4.69, 9.17) is 9.15 Å². The normalized spacial score (nSPS) is 11.7. The van der Waals surface area contributed by atoms with Gasteiger partial charge in [-0.15, -0.1) is 10.2 Å². The Morgan fingerprint density at radius 2 is 2.08 bits per heavy atom. The molecule has 0 bridgehead atoms. The topological polar surface area (TPSA) is 97.6 Å². The zero-order valence-corrected chi connectivity index (χ0v) is 15.4. The first-order valence-corrected chi connectivity index (χ1v) is 8.69. The molecular formula is C16H19FN4O4S. The maximum Gasteiger partial charge on any atom is 0.277 e. The summed E-state index contributed by atoms with van der Waals surface area (Å²) in [5.41, 5.74) is 0. The quantitative estimate of drug-likeness (QED) is 0.693. The number of para-hydroxylation sites is 1. The van der Waals surface area contributed by atoms with Crippen LogP contribution in [0.25, 0.3) is 0 Å². The zero-order chi connectivity index (χ0) is 19.1. The number of carbonyl (C=O) groups is 2. The lowest BCUT2D eigenvalue weighted by molar-refractivity contribution is -0.130. The van der Waals surface area contributed by atoms with Gasteiger partial charge in [0.1, 0.15) is 0 Å². The van der Waals surface area contributed by atoms with Crippen LogP contribution in [0.15, 0.2) is 33.9 Å². The summed E-state index contributed by atoms with van der Waals surface area (Å²) in [5, 5.41) is 10.3. The summed E-state index contributed by atoms with van der Waals surface area (Å²) < 4.78 is 24.5. The summed E-state index contributed by atoms with van der Waals surface area (Å²) in [7, 11) is 3.21. The Bertz CT molecular complexity index is 768. The fourth-order valence-electron chi connectivity index (χ4n) is 1.73. The van der Waals surface area contributed by atoms with Crippen molar-refractivity contribution in [3.63, 3.8) is 0 Å². The minimum Gasteiger partial charge on any atom is -0.478 e. The molecule has 0 spiro atoms. The second-order valence-corrected chi connectivity index (χ2v) is 6.38. The molecule has 0 aliphatic rings. The number of carbonyl (C=O) groups excluding carboxylic acids is 2. The Morgan fingerprint density at radius 3 is 2.77 bits per heavy atom. The third-order valence-electron chi connectivity index (χ3n) is 3.17. The van der Waals surface area contributed by atoms with Crippen molar-refractivity contribution in [2.24, 2.45) is 0 Å². The molecule has 1 heterocycles. The SMILES string of the molecule is C[C@@H](Oc1ccccc1F)c1nnc(SCC(=O)NCC(=O)N(C)C)o1. The van der Waals surface area contributed by atoms with E-state index in [9.17, 15) is 14.0 Å². The van der Waals surface area contributed by atoms with Gasteiger partial charge in [0.15, 0.2) is 17.7 Å². The number of aromatic nitrogens is 2. The van der Waals surface area contributed by atoms with Gasteiger partial charge in [-0.05, 0) is 19.1 Å². The van der Waals surface area contributed by atoms with Crippen LogP contribution in [0.4, 0.5) is 4.39 Å². The van der Waals surface area contributed by atoms with E-state index in [0.29, 0.717) is 0 Å². The number of benzene rings is 1. The van der Waals surface area contributed by atoms with Crippen molar-refractivity contribution in [2.75, 3.05) is 26.4 Å². The van der Waals surface area contributed by atoms with Gasteiger partial charge in [0.25, 0.3) is 11.1 Å². The molecule has 0 aliphatic heterocycles. The van der Waals surface area contributed by atoms with Crippen molar-refractivity contribution in [2.45, 2.75) is 18.3 Å². The maximum absolute atomic E-state index is 13.6. The molecule has 0 saturated heterocycles. The summed E-state index contributed by atoms with van der Waals surface area (Å²) in [5.74, 6) is -0.762. The number of nitrogens with zero attached hydrogens (tertiary/aromatic N) is 3. The number of halogens is 1. The number of thioether (sulfide) groups is 1. The number of rotatable bonds is 8. The Kier molecular flexibility index (Phi) is 6.96. The van der Waals surface area contributed by atoms with Crippen LogP contribution < -0.4 is 10.1 Å². The molecule has 0 saturated carbocycles. The summed E-state index contributed by atoms with van der Waals surface area (Å²) >= 11 is 1.03. The molecule has 1 atom stereocenters. The lowest BCUT2D eigenvalue weighted by Crippen LogP contribution is -2.36. The highest BCUT2D eigenvalue weighted by Crippen LogP contribution is 2.25. The number of hydrogen-bond donors (Lipinski definition) is 1. The second kappa shape index (κ2) is 9.18. The van der Waals surface area contributed by atoms with Crippen LogP contribution in [0.1, 0.15) is 18.9 Å². The first kappa shape index (κ1) is 19.7. The summed E-state index contributed by atoms with van der Waals surface area (Å²) in [6.45, 7) is 1.57. The smallest absolute Gasteiger partial charge is 0.277 e. The highest BCUT2D eigenvalue weighted by molar-refractivity contribution is 7.99. The van der Waals surface area contributed by atoms with Crippen LogP contribution in [0, 0.1) is 5.82 Å². The van der Waals surface area contributed by atoms with Gasteiger partial charge in [0, 0.05) is 14.1 Å². The van der Waals surface area contributed by atoms with E-state index in [2.05, 4.69) is 15.5 Å². The third-order valence-corrected chi connectivity index (χ3v) is 3.99. The minimum atomic E-state index is -0.653. The predicted molar refractivity (Wildman–Crippen MR) is 92.2 cm³/mol. The highest BCUT2D eigenvalue weighted by atomic mass is 32.2. The van der Waals surface area contributed by atoms with Gasteiger partial charge in [0.05, 0.1) is 12.3 Å². The Balaban J connectivity index is 1.82. The van der Waals surface area contributed by atoms with Gasteiger partial charge in [-0.25, -0.2) is 4.39 Å². The molecule has 10 heteroatoms. The second-order valence-electron chi connectivity index (χ2n) is 5.45. The van der Waals surface area contributed by atoms with E-state index in [1.54, 1.807) is 33.2 Å². The van der Waals surface area contributed by atoms with Crippen LogP contribution >= 0.6 is 11.8 Å². The molecular weight excluding hydrogens is 363 g/mol. The van der Waals surface area contributed by atoms with Gasteiger partial charge in [-0.2, -0.15) is 0 Å². The van der Waals surface area contributed by atoms with Crippen molar-refractivity contribution in [3.05, 3.63) is 36.0 Å². The molecule has 2 aromatic rings. The van der Waals surface area contributed by atoms with Crippen LogP contribution in [-0.2, 0) is 9.59 Å². The molecule has 140 valence electrons. The largest absolute Gasteiger partial charge is 0.478 e. The molecule has 0 aliphatic carbocycles. The average Bonchev–Trinajstić information content (AvgIpc) is 3.08. The average molecular weight is 382 g/mol. The number of likely N-dealkylation sites (N-methyl/N-ethyl adjacent to an activating group) is 1. The van der Waals surface area contributed by atoms with E-state index in [1.807, 2.05) is 0 Å². The molecule has 1 aromatic carbocycles. The molecule has 1 N–H and O–H groups in total. The summed E-state index contributed by atoms with van der Waals surface area (Å²) in [6.07, 6.45) is -0.653. The fourth-order valence-corrected chi connectivity index (χ4v) is 2.33. The fraction of sp³-hybridized carbons (Fsp3) is 0.375. The number of hydrogen-bond acceptors (Lipinski definition) is 7. The van der Waals surface area contributed by atoms with Gasteiger partial charge in [0.2, 0.25) is 11.8 Å². The predicted octanol–water partition coefficient (Wildman–Crippen LogP) is 1.65. The van der Waals surface area contributed by atoms with Crippen molar-refractivity contribution in [3.8, 4) is 5.75 Å². The lowest BCUT2D eigenvalue weighted by atomic mass is 10.3. The number of nitrogens with one attached hydrogen (secondary N) is 1. The molecule has 1 aromatic heterocycles. The first-order valence-electron chi connectivity index (χ1n) is 7.71. The molecule has 8 nitrogen and oxygen atoms in total. The van der Waals surface area contributed by atoms with E-state index in [1.165, 1.54) is 17.0 Å². The Hall–Kier alpha value is -2.62. The Morgan fingerprint density at radius 1 is 1.35 bits per heavy atom. The maximum atomic E-state index is 13.6. The lowest BCUT2D eigenvalue weighted by Gasteiger charge is -2.11. The standard InChI is InChI=1S/C16H19FN4O4S/c1-10(24-12-7-5-4-6-11(12)17)15-19-20-16(25-15)26-9-13(22)18-8-14(23)21(2)3/h4-7,10H,8-9H2,1-3H3,(H,18,22)/t10-/m1/s1. The molecule has 0 unspecified atom stereocenters. The minimum absolute atomic E-state index is 0.0187. The van der Waals surface area contributed by atoms with E-state index < -0.39 is 11.9 Å². The van der Waals surface area contributed by atoms with Gasteiger partial charge in [-0.1, -0.05) is 23.9 Å². The van der Waals surface area contributed by atoms with Crippen molar-refractivity contribution < 1.29 is 23.1 Å². The van der Waals surface area contributed by atoms with Crippen LogP contribution in [0.5, 0.6) is 5.75 Å². The van der Waals surface area contributed by atoms with Gasteiger partial charge in [-0.3, -0.25) is 9.59 Å². The van der Waals surface area contributed by atoms with Crippen LogP contribution in [0.3, 0.4) is 0 Å². The van der Waals surface area contributed by atoms with E-state index in [-0.39, 0.29) is 41.0 Å². The molecule has 2 amide bonds.